The summed E-state index contributed by atoms with van der Waals surface area (Å²) in [6, 6.07) is 2.49. The Kier molecular flexibility index (Phi) is 12.8. The van der Waals surface area contributed by atoms with Crippen LogP contribution in [-0.2, 0) is 18.9 Å². The Morgan fingerprint density at radius 3 is 0.909 bits per heavy atom. The van der Waals surface area contributed by atoms with Gasteiger partial charge in [-0.3, -0.25) is 0 Å². The van der Waals surface area contributed by atoms with Crippen molar-refractivity contribution in [3.05, 3.63) is 0 Å². The van der Waals surface area contributed by atoms with Crippen molar-refractivity contribution in [3.63, 3.8) is 0 Å². The Balaban J connectivity index is 4.10. The summed E-state index contributed by atoms with van der Waals surface area (Å²) in [6.07, 6.45) is 0.925. The van der Waals surface area contributed by atoms with E-state index in [9.17, 15) is 0 Å². The molecule has 0 saturated heterocycles. The lowest BCUT2D eigenvalue weighted by Gasteiger charge is -2.24. The molecule has 0 amide bonds. The summed E-state index contributed by atoms with van der Waals surface area (Å²) in [5, 5.41) is 0. The summed E-state index contributed by atoms with van der Waals surface area (Å²) in [5.41, 5.74) is 0. The lowest BCUT2D eigenvalue weighted by atomic mass is 10.5. The van der Waals surface area contributed by atoms with Crippen LogP contribution in [0.5, 0.6) is 0 Å². The van der Waals surface area contributed by atoms with Crippen molar-refractivity contribution in [3.8, 4) is 0 Å². The van der Waals surface area contributed by atoms with Crippen LogP contribution in [0.25, 0.3) is 0 Å². The van der Waals surface area contributed by atoms with Gasteiger partial charge in [0.1, 0.15) is 11.8 Å². The smallest absolute Gasteiger partial charge is 0.135 e. The van der Waals surface area contributed by atoms with Crippen LogP contribution in [0.15, 0.2) is 0 Å². The average Bonchev–Trinajstić information content (AvgIpc) is 2.31. The molecule has 0 unspecified atom stereocenters. The van der Waals surface area contributed by atoms with Gasteiger partial charge < -0.3 is 18.9 Å². The molecule has 0 saturated carbocycles. The van der Waals surface area contributed by atoms with Gasteiger partial charge in [-0.15, -0.1) is 0 Å². The largest absolute Gasteiger partial charge is 0.354 e. The number of rotatable bonds is 13. The Labute approximate surface area is 142 Å². The molecule has 0 atom stereocenters. The SMILES string of the molecule is CC(C)OC(OC(C)C)[SiH2]CC[SiH2]C(OC(C)C)OC(C)C. The van der Waals surface area contributed by atoms with E-state index in [4.69, 9.17) is 18.9 Å². The maximum atomic E-state index is 5.89. The van der Waals surface area contributed by atoms with Crippen LogP contribution in [0.3, 0.4) is 0 Å². The topological polar surface area (TPSA) is 36.9 Å². The van der Waals surface area contributed by atoms with Gasteiger partial charge in [0, 0.05) is 0 Å². The molecule has 134 valence electrons. The Morgan fingerprint density at radius 1 is 0.500 bits per heavy atom. The van der Waals surface area contributed by atoms with Crippen molar-refractivity contribution in [2.75, 3.05) is 0 Å². The number of ether oxygens (including phenoxy) is 4. The van der Waals surface area contributed by atoms with Gasteiger partial charge in [0.05, 0.1) is 43.5 Å². The van der Waals surface area contributed by atoms with Gasteiger partial charge in [-0.2, -0.15) is 0 Å². The minimum absolute atomic E-state index is 0.0458. The molecule has 0 aromatic carbocycles. The fourth-order valence-electron chi connectivity index (χ4n) is 2.17. The molecule has 22 heavy (non-hydrogen) atoms. The van der Waals surface area contributed by atoms with Crippen molar-refractivity contribution in [2.45, 2.75) is 104 Å². The second kappa shape index (κ2) is 12.7. The lowest BCUT2D eigenvalue weighted by molar-refractivity contribution is -0.135. The molecule has 0 bridgehead atoms. The molecule has 0 aliphatic rings. The molecule has 0 radical (unpaired) electrons. The molecule has 0 spiro atoms. The average molecular weight is 351 g/mol. The zero-order valence-corrected chi connectivity index (χ0v) is 18.8. The van der Waals surface area contributed by atoms with E-state index in [-0.39, 0.29) is 55.3 Å². The van der Waals surface area contributed by atoms with Crippen LogP contribution >= 0.6 is 0 Å². The van der Waals surface area contributed by atoms with Crippen molar-refractivity contribution < 1.29 is 18.9 Å². The molecule has 0 aromatic heterocycles. The molecule has 4 nitrogen and oxygen atoms in total. The van der Waals surface area contributed by atoms with Crippen LogP contribution in [-0.4, -0.2) is 55.3 Å². The Bertz CT molecular complexity index is 215. The molecule has 0 aliphatic heterocycles. The summed E-state index contributed by atoms with van der Waals surface area (Å²) >= 11 is 0. The highest BCUT2D eigenvalue weighted by atomic mass is 28.2. The van der Waals surface area contributed by atoms with Crippen molar-refractivity contribution >= 4 is 19.0 Å². The molecular formula is C16H38O4Si2. The maximum Gasteiger partial charge on any atom is 0.135 e. The van der Waals surface area contributed by atoms with Crippen LogP contribution in [0.4, 0.5) is 0 Å². The minimum Gasteiger partial charge on any atom is -0.354 e. The van der Waals surface area contributed by atoms with Gasteiger partial charge >= 0.3 is 0 Å². The van der Waals surface area contributed by atoms with E-state index in [0.29, 0.717) is 0 Å². The van der Waals surface area contributed by atoms with Crippen LogP contribution < -0.4 is 0 Å². The minimum atomic E-state index is -0.378. The van der Waals surface area contributed by atoms with Crippen LogP contribution in [0.2, 0.25) is 12.1 Å². The first-order valence-corrected chi connectivity index (χ1v) is 12.5. The van der Waals surface area contributed by atoms with Gasteiger partial charge in [0.15, 0.2) is 0 Å². The highest BCUT2D eigenvalue weighted by Gasteiger charge is 2.17. The summed E-state index contributed by atoms with van der Waals surface area (Å²) in [5.74, 6) is 0.0916. The fraction of sp³-hybridized carbons (Fsp3) is 1.00. The van der Waals surface area contributed by atoms with Gasteiger partial charge in [-0.05, 0) is 55.4 Å². The standard InChI is InChI=1S/C16H38O4Si2/c1-11(2)17-15(18-12(3)4)21-9-10-22-16(19-13(5)6)20-14(7)8/h11-16H,9-10,21-22H2,1-8H3. The van der Waals surface area contributed by atoms with E-state index < -0.39 is 0 Å². The zero-order valence-electron chi connectivity index (χ0n) is 15.9. The molecular weight excluding hydrogens is 312 g/mol. The van der Waals surface area contributed by atoms with Gasteiger partial charge in [-0.25, -0.2) is 0 Å². The van der Waals surface area contributed by atoms with Crippen LogP contribution in [0.1, 0.15) is 55.4 Å². The molecule has 0 aliphatic carbocycles. The normalized spacial score (nSPS) is 13.9. The number of hydrogen-bond donors (Lipinski definition) is 0. The highest BCUT2D eigenvalue weighted by molar-refractivity contribution is 6.43. The fourth-order valence-corrected chi connectivity index (χ4v) is 7.23. The van der Waals surface area contributed by atoms with E-state index in [2.05, 4.69) is 55.4 Å². The monoisotopic (exact) mass is 350 g/mol. The predicted octanol–water partition coefficient (Wildman–Crippen LogP) is 2.43. The Morgan fingerprint density at radius 2 is 0.727 bits per heavy atom. The van der Waals surface area contributed by atoms with Gasteiger partial charge in [0.2, 0.25) is 0 Å². The van der Waals surface area contributed by atoms with E-state index in [0.717, 1.165) is 0 Å². The molecule has 0 fully saturated rings. The quantitative estimate of drug-likeness (QED) is 0.290. The predicted molar refractivity (Wildman–Crippen MR) is 99.2 cm³/mol. The molecule has 0 aromatic rings. The summed E-state index contributed by atoms with van der Waals surface area (Å²) < 4.78 is 23.6. The van der Waals surface area contributed by atoms with Crippen molar-refractivity contribution in [2.24, 2.45) is 0 Å². The Hall–Kier alpha value is 0.274. The third-order valence-electron chi connectivity index (χ3n) is 2.83. The maximum absolute atomic E-state index is 5.89. The first-order chi connectivity index (χ1) is 10.2. The third kappa shape index (κ3) is 13.9. The zero-order chi connectivity index (χ0) is 17.1. The van der Waals surface area contributed by atoms with Gasteiger partial charge in [-0.1, -0.05) is 12.1 Å². The molecule has 0 N–H and O–H groups in total. The van der Waals surface area contributed by atoms with Crippen LogP contribution in [0, 0.1) is 0 Å². The lowest BCUT2D eigenvalue weighted by Crippen LogP contribution is -2.32. The second-order valence-electron chi connectivity index (χ2n) is 6.88. The summed E-state index contributed by atoms with van der Waals surface area (Å²) in [4.78, 5) is 0. The molecule has 0 heterocycles. The molecule has 0 rings (SSSR count). The number of hydrogen-bond acceptors (Lipinski definition) is 4. The molecule has 6 heteroatoms. The second-order valence-corrected chi connectivity index (χ2v) is 10.8. The summed E-state index contributed by atoms with van der Waals surface area (Å²) in [6.45, 7) is 16.6. The first-order valence-electron chi connectivity index (χ1n) is 8.82. The van der Waals surface area contributed by atoms with Crippen molar-refractivity contribution in [1.29, 1.82) is 0 Å². The van der Waals surface area contributed by atoms with E-state index in [1.54, 1.807) is 0 Å². The summed E-state index contributed by atoms with van der Waals surface area (Å²) in [7, 11) is -0.756. The first kappa shape index (κ1) is 22.3. The van der Waals surface area contributed by atoms with Gasteiger partial charge in [0.25, 0.3) is 0 Å². The van der Waals surface area contributed by atoms with E-state index >= 15 is 0 Å². The van der Waals surface area contributed by atoms with E-state index in [1.807, 2.05) is 0 Å². The van der Waals surface area contributed by atoms with Crippen molar-refractivity contribution in [1.82, 2.24) is 0 Å². The third-order valence-corrected chi connectivity index (χ3v) is 7.35. The highest BCUT2D eigenvalue weighted by Crippen LogP contribution is 2.09. The van der Waals surface area contributed by atoms with E-state index in [1.165, 1.54) is 12.1 Å².